The van der Waals surface area contributed by atoms with Crippen LogP contribution in [0.25, 0.3) is 0 Å². The lowest BCUT2D eigenvalue weighted by Crippen LogP contribution is -2.53. The number of carbonyl (C=O) groups excluding carboxylic acids is 2. The highest BCUT2D eigenvalue weighted by Gasteiger charge is 2.53. The van der Waals surface area contributed by atoms with E-state index < -0.39 is 11.5 Å². The molecule has 0 saturated heterocycles. The molecule has 1 fully saturated rings. The first-order valence-electron chi connectivity index (χ1n) is 11.4. The standard InChI is InChI=1S/C26H33Cl2N3O2/c1-5-31(15-14-30(3)4)24(32)23(16-19-8-6-18(2)7-9-19)29-25(33)26(12-13-26)21-11-10-20(27)17-22(21)28/h6-11,17,23H,5,12-16H2,1-4H3,(H,29,33). The Labute approximate surface area is 207 Å². The number of nitrogens with one attached hydrogen (secondary N) is 1. The third-order valence-corrected chi connectivity index (χ3v) is 6.85. The van der Waals surface area contributed by atoms with E-state index in [2.05, 4.69) is 5.32 Å². The number of benzene rings is 2. The van der Waals surface area contributed by atoms with Crippen LogP contribution < -0.4 is 5.32 Å². The van der Waals surface area contributed by atoms with E-state index in [1.165, 1.54) is 0 Å². The topological polar surface area (TPSA) is 52.6 Å². The molecule has 0 radical (unpaired) electrons. The number of halogens is 2. The Kier molecular flexibility index (Phi) is 8.43. The maximum atomic E-state index is 13.5. The summed E-state index contributed by atoms with van der Waals surface area (Å²) in [7, 11) is 3.97. The Morgan fingerprint density at radius 1 is 1.06 bits per heavy atom. The Morgan fingerprint density at radius 3 is 2.27 bits per heavy atom. The van der Waals surface area contributed by atoms with Gasteiger partial charge in [-0.25, -0.2) is 0 Å². The second kappa shape index (κ2) is 10.9. The van der Waals surface area contributed by atoms with Gasteiger partial charge in [0.2, 0.25) is 11.8 Å². The van der Waals surface area contributed by atoms with E-state index in [4.69, 9.17) is 23.2 Å². The lowest BCUT2D eigenvalue weighted by atomic mass is 9.93. The Balaban J connectivity index is 1.84. The van der Waals surface area contributed by atoms with Crippen LogP contribution >= 0.6 is 23.2 Å². The summed E-state index contributed by atoms with van der Waals surface area (Å²) in [5, 5.41) is 4.11. The summed E-state index contributed by atoms with van der Waals surface area (Å²) in [5.74, 6) is -0.216. The zero-order valence-electron chi connectivity index (χ0n) is 19.8. The molecular weight excluding hydrogens is 457 g/mol. The average Bonchev–Trinajstić information content (AvgIpc) is 3.56. The van der Waals surface area contributed by atoms with Gasteiger partial charge in [0.05, 0.1) is 5.41 Å². The molecule has 2 aromatic rings. The van der Waals surface area contributed by atoms with Crippen LogP contribution in [0.4, 0.5) is 0 Å². The van der Waals surface area contributed by atoms with E-state index in [0.717, 1.165) is 23.2 Å². The molecule has 1 unspecified atom stereocenters. The molecule has 33 heavy (non-hydrogen) atoms. The van der Waals surface area contributed by atoms with Crippen LogP contribution in [0.3, 0.4) is 0 Å². The summed E-state index contributed by atoms with van der Waals surface area (Å²) in [6.45, 7) is 5.95. The number of hydrogen-bond acceptors (Lipinski definition) is 3. The zero-order chi connectivity index (χ0) is 24.2. The lowest BCUT2D eigenvalue weighted by molar-refractivity contribution is -0.137. The molecule has 0 heterocycles. The number of aryl methyl sites for hydroxylation is 1. The van der Waals surface area contributed by atoms with Crippen molar-refractivity contribution in [3.8, 4) is 0 Å². The predicted octanol–water partition coefficient (Wildman–Crippen LogP) is 4.47. The average molecular weight is 490 g/mol. The summed E-state index contributed by atoms with van der Waals surface area (Å²) >= 11 is 12.5. The van der Waals surface area contributed by atoms with Gasteiger partial charge in [-0.2, -0.15) is 0 Å². The van der Waals surface area contributed by atoms with Crippen molar-refractivity contribution in [1.29, 1.82) is 0 Å². The molecule has 1 saturated carbocycles. The summed E-state index contributed by atoms with van der Waals surface area (Å²) in [6.07, 6.45) is 1.83. The minimum absolute atomic E-state index is 0.0636. The SMILES string of the molecule is CCN(CCN(C)C)C(=O)C(Cc1ccc(C)cc1)NC(=O)C1(c2ccc(Cl)cc2Cl)CC1. The molecule has 0 aliphatic heterocycles. The third-order valence-electron chi connectivity index (χ3n) is 6.31. The van der Waals surface area contributed by atoms with Crippen LogP contribution in [-0.2, 0) is 21.4 Å². The molecule has 0 aromatic heterocycles. The van der Waals surface area contributed by atoms with Crippen molar-refractivity contribution in [2.75, 3.05) is 33.7 Å². The number of rotatable bonds is 10. The van der Waals surface area contributed by atoms with E-state index in [1.54, 1.807) is 12.1 Å². The van der Waals surface area contributed by atoms with E-state index in [0.29, 0.717) is 42.4 Å². The van der Waals surface area contributed by atoms with Crippen molar-refractivity contribution in [1.82, 2.24) is 15.1 Å². The Bertz CT molecular complexity index is 988. The molecule has 0 bridgehead atoms. The summed E-state index contributed by atoms with van der Waals surface area (Å²) in [4.78, 5) is 30.9. The fourth-order valence-corrected chi connectivity index (χ4v) is 4.63. The minimum atomic E-state index is -0.700. The summed E-state index contributed by atoms with van der Waals surface area (Å²) < 4.78 is 0. The van der Waals surface area contributed by atoms with Crippen LogP contribution in [0.5, 0.6) is 0 Å². The van der Waals surface area contributed by atoms with E-state index in [1.807, 2.05) is 68.1 Å². The minimum Gasteiger partial charge on any atom is -0.343 e. The van der Waals surface area contributed by atoms with Crippen molar-refractivity contribution in [3.05, 3.63) is 69.2 Å². The van der Waals surface area contributed by atoms with E-state index in [9.17, 15) is 9.59 Å². The quantitative estimate of drug-likeness (QED) is 0.535. The van der Waals surface area contributed by atoms with Crippen LogP contribution in [0.15, 0.2) is 42.5 Å². The van der Waals surface area contributed by atoms with Gasteiger partial charge in [-0.1, -0.05) is 59.1 Å². The third kappa shape index (κ3) is 6.28. The highest BCUT2D eigenvalue weighted by molar-refractivity contribution is 6.35. The maximum absolute atomic E-state index is 13.5. The van der Waals surface area contributed by atoms with Gasteiger partial charge in [0.1, 0.15) is 6.04 Å². The van der Waals surface area contributed by atoms with Crippen LogP contribution in [0.1, 0.15) is 36.5 Å². The van der Waals surface area contributed by atoms with Crippen molar-refractivity contribution >= 4 is 35.0 Å². The van der Waals surface area contributed by atoms with Gasteiger partial charge in [-0.05, 0) is 64.0 Å². The fourth-order valence-electron chi connectivity index (χ4n) is 4.04. The second-order valence-corrected chi connectivity index (χ2v) is 9.99. The van der Waals surface area contributed by atoms with Crippen molar-refractivity contribution in [2.24, 2.45) is 0 Å². The van der Waals surface area contributed by atoms with Crippen LogP contribution in [-0.4, -0.2) is 61.4 Å². The molecule has 3 rings (SSSR count). The number of nitrogens with zero attached hydrogens (tertiary/aromatic N) is 2. The summed E-state index contributed by atoms with van der Waals surface area (Å²) in [5.41, 5.74) is 2.24. The summed E-state index contributed by atoms with van der Waals surface area (Å²) in [6, 6.07) is 12.7. The maximum Gasteiger partial charge on any atom is 0.245 e. The molecular formula is C26H33Cl2N3O2. The molecule has 7 heteroatoms. The second-order valence-electron chi connectivity index (χ2n) is 9.14. The van der Waals surface area contributed by atoms with Gasteiger partial charge in [-0.3, -0.25) is 9.59 Å². The Morgan fingerprint density at radius 2 is 1.73 bits per heavy atom. The first kappa shape index (κ1) is 25.5. The number of hydrogen-bond donors (Lipinski definition) is 1. The first-order valence-corrected chi connectivity index (χ1v) is 12.2. The molecule has 1 aliphatic carbocycles. The van der Waals surface area contributed by atoms with E-state index >= 15 is 0 Å². The highest BCUT2D eigenvalue weighted by atomic mass is 35.5. The van der Waals surface area contributed by atoms with Gasteiger partial charge in [-0.15, -0.1) is 0 Å². The van der Waals surface area contributed by atoms with Crippen molar-refractivity contribution < 1.29 is 9.59 Å². The van der Waals surface area contributed by atoms with Gasteiger partial charge < -0.3 is 15.1 Å². The highest BCUT2D eigenvalue weighted by Crippen LogP contribution is 2.51. The van der Waals surface area contributed by atoms with Gasteiger partial charge in [0, 0.05) is 36.1 Å². The molecule has 178 valence electrons. The zero-order valence-corrected chi connectivity index (χ0v) is 21.3. The van der Waals surface area contributed by atoms with Crippen LogP contribution in [0.2, 0.25) is 10.0 Å². The van der Waals surface area contributed by atoms with Gasteiger partial charge in [0.15, 0.2) is 0 Å². The monoisotopic (exact) mass is 489 g/mol. The van der Waals surface area contributed by atoms with Crippen LogP contribution in [0, 0.1) is 6.92 Å². The number of amides is 2. The molecule has 5 nitrogen and oxygen atoms in total. The van der Waals surface area contributed by atoms with E-state index in [-0.39, 0.29) is 11.8 Å². The smallest absolute Gasteiger partial charge is 0.245 e. The van der Waals surface area contributed by atoms with Crippen molar-refractivity contribution in [3.63, 3.8) is 0 Å². The largest absolute Gasteiger partial charge is 0.343 e. The molecule has 1 N–H and O–H groups in total. The fraction of sp³-hybridized carbons (Fsp3) is 0.462. The molecule has 1 atom stereocenters. The van der Waals surface area contributed by atoms with Gasteiger partial charge >= 0.3 is 0 Å². The Hall–Kier alpha value is -2.08. The number of likely N-dealkylation sites (N-methyl/N-ethyl adjacent to an activating group) is 2. The molecule has 2 amide bonds. The molecule has 0 spiro atoms. The van der Waals surface area contributed by atoms with Gasteiger partial charge in [0.25, 0.3) is 0 Å². The van der Waals surface area contributed by atoms with Crippen molar-refractivity contribution in [2.45, 2.75) is 44.6 Å². The molecule has 1 aliphatic rings. The number of carbonyl (C=O) groups is 2. The normalized spacial score (nSPS) is 15.2. The first-order chi connectivity index (χ1) is 15.7. The lowest BCUT2D eigenvalue weighted by Gasteiger charge is -2.29. The molecule has 2 aromatic carbocycles. The predicted molar refractivity (Wildman–Crippen MR) is 135 cm³/mol.